The third-order valence-corrected chi connectivity index (χ3v) is 10.0. The van der Waals surface area contributed by atoms with Crippen molar-refractivity contribution in [3.63, 3.8) is 0 Å². The molecule has 8 bridgehead atoms. The molecule has 0 saturated heterocycles. The number of aliphatic hydroxyl groups is 2. The van der Waals surface area contributed by atoms with Gasteiger partial charge in [0.05, 0.1) is 43.9 Å². The number of aromatic nitrogens is 4. The fourth-order valence-corrected chi connectivity index (χ4v) is 7.56. The Bertz CT molecular complexity index is 1860. The van der Waals surface area contributed by atoms with Crippen LogP contribution in [0.3, 0.4) is 0 Å². The number of aromatic amines is 2. The van der Waals surface area contributed by atoms with Crippen LogP contribution in [0, 0.1) is 13.8 Å². The number of hydrogen-bond donors (Lipinski definition) is 4. The lowest BCUT2D eigenvalue weighted by Gasteiger charge is -2.17. The number of H-pyrrole nitrogens is 2. The second-order valence-electron chi connectivity index (χ2n) is 12.6. The standard InChI is InChI=1S/C36H44N4O5/c1-8-22-17(2)25-16-30-33(21(6)42)19(4)27(38-30)14-26-18(3)23(9-10-32(43)44-7)35(39-26)24-13-31(45-12-11-41)34-20(5)28(40-36(24)34)15-29(22)37-25/h14-16,18,21,23,31,37-38,41-42H,8-13H2,1-7H3/t18-,21?,23-,31?/m0/s1. The van der Waals surface area contributed by atoms with E-state index in [4.69, 9.17) is 19.4 Å². The van der Waals surface area contributed by atoms with E-state index in [-0.39, 0.29) is 43.5 Å². The predicted octanol–water partition coefficient (Wildman–Crippen LogP) is 6.25. The maximum atomic E-state index is 12.3. The molecule has 6 rings (SSSR count). The van der Waals surface area contributed by atoms with Crippen molar-refractivity contribution in [2.75, 3.05) is 20.3 Å². The Balaban J connectivity index is 1.73. The zero-order valence-corrected chi connectivity index (χ0v) is 27.3. The molecule has 0 spiro atoms. The zero-order valence-electron chi connectivity index (χ0n) is 27.3. The molecule has 2 aliphatic heterocycles. The number of carbonyl (C=O) groups excluding carboxylic acids is 1. The molecule has 4 atom stereocenters. The SMILES string of the molecule is CCc1c(C)c2cc3[nH]c(cc4nc(c5c6nc(cc1[nH]2)C(C)=C6C(OCCO)C5)[C@@H](CCC(=O)OC)[C@@H]4C)c(C)c3C(C)O. The van der Waals surface area contributed by atoms with E-state index in [9.17, 15) is 15.0 Å². The molecule has 2 unspecified atom stereocenters. The summed E-state index contributed by atoms with van der Waals surface area (Å²) in [5.74, 6) is -0.236. The Kier molecular flexibility index (Phi) is 8.45. The molecule has 9 nitrogen and oxygen atoms in total. The number of allylic oxidation sites excluding steroid dienone is 1. The molecule has 1 aliphatic carbocycles. The first-order valence-corrected chi connectivity index (χ1v) is 16.0. The van der Waals surface area contributed by atoms with Gasteiger partial charge in [0.15, 0.2) is 0 Å². The highest BCUT2D eigenvalue weighted by molar-refractivity contribution is 5.97. The summed E-state index contributed by atoms with van der Waals surface area (Å²) in [5.41, 5.74) is 14.7. The molecule has 3 aromatic rings. The van der Waals surface area contributed by atoms with Gasteiger partial charge < -0.3 is 29.7 Å². The van der Waals surface area contributed by atoms with Crippen LogP contribution in [0.4, 0.5) is 0 Å². The van der Waals surface area contributed by atoms with Gasteiger partial charge >= 0.3 is 5.97 Å². The van der Waals surface area contributed by atoms with Crippen LogP contribution in [0.2, 0.25) is 0 Å². The molecule has 0 saturated carbocycles. The lowest BCUT2D eigenvalue weighted by Crippen LogP contribution is -2.15. The molecular formula is C36H44N4O5. The van der Waals surface area contributed by atoms with Crippen molar-refractivity contribution in [3.05, 3.63) is 68.8 Å². The van der Waals surface area contributed by atoms with Crippen molar-refractivity contribution in [1.29, 1.82) is 0 Å². The Hall–Kier alpha value is -3.79. The second-order valence-corrected chi connectivity index (χ2v) is 12.6. The topological polar surface area (TPSA) is 133 Å². The molecule has 5 heterocycles. The molecule has 0 amide bonds. The summed E-state index contributed by atoms with van der Waals surface area (Å²) in [4.78, 5) is 30.1. The van der Waals surface area contributed by atoms with Gasteiger partial charge in [0.2, 0.25) is 0 Å². The van der Waals surface area contributed by atoms with Crippen LogP contribution in [-0.2, 0) is 27.1 Å². The number of fused-ring (bicyclic) bond motifs is 8. The average molecular weight is 613 g/mol. The predicted molar refractivity (Wildman–Crippen MR) is 176 cm³/mol. The first kappa shape index (κ1) is 31.2. The smallest absolute Gasteiger partial charge is 0.305 e. The lowest BCUT2D eigenvalue weighted by molar-refractivity contribution is -0.140. The quantitative estimate of drug-likeness (QED) is 0.221. The Morgan fingerprint density at radius 2 is 1.80 bits per heavy atom. The fourth-order valence-electron chi connectivity index (χ4n) is 7.56. The van der Waals surface area contributed by atoms with Crippen molar-refractivity contribution in [2.24, 2.45) is 0 Å². The summed E-state index contributed by atoms with van der Waals surface area (Å²) in [6.07, 6.45) is 1.42. The highest BCUT2D eigenvalue weighted by Gasteiger charge is 2.40. The van der Waals surface area contributed by atoms with Crippen LogP contribution in [0.15, 0.2) is 18.2 Å². The summed E-state index contributed by atoms with van der Waals surface area (Å²) in [7, 11) is 1.42. The number of carbonyl (C=O) groups is 1. The van der Waals surface area contributed by atoms with E-state index < -0.39 is 6.10 Å². The van der Waals surface area contributed by atoms with Crippen molar-refractivity contribution >= 4 is 39.2 Å². The third-order valence-electron chi connectivity index (χ3n) is 10.0. The number of aliphatic hydroxyl groups excluding tert-OH is 2. The molecule has 4 N–H and O–H groups in total. The van der Waals surface area contributed by atoms with Crippen LogP contribution in [0.25, 0.3) is 33.2 Å². The van der Waals surface area contributed by atoms with Gasteiger partial charge in [0.25, 0.3) is 0 Å². The van der Waals surface area contributed by atoms with Crippen molar-refractivity contribution in [2.45, 2.75) is 91.3 Å². The van der Waals surface area contributed by atoms with E-state index in [2.05, 4.69) is 55.9 Å². The first-order valence-electron chi connectivity index (χ1n) is 16.0. The van der Waals surface area contributed by atoms with Crippen LogP contribution in [-0.4, -0.2) is 62.5 Å². The van der Waals surface area contributed by atoms with Gasteiger partial charge in [-0.2, -0.15) is 0 Å². The molecule has 0 aromatic carbocycles. The summed E-state index contributed by atoms with van der Waals surface area (Å²) in [5, 5.41) is 20.5. The number of aryl methyl sites for hydroxylation is 3. The van der Waals surface area contributed by atoms with Crippen LogP contribution in [0.1, 0.15) is 109 Å². The molecule has 0 fully saturated rings. The molecule has 0 radical (unpaired) electrons. The minimum absolute atomic E-state index is 0.0210. The molecule has 45 heavy (non-hydrogen) atoms. The Morgan fingerprint density at radius 3 is 2.49 bits per heavy atom. The second kappa shape index (κ2) is 12.2. The zero-order chi connectivity index (χ0) is 32.2. The maximum Gasteiger partial charge on any atom is 0.305 e. The Labute approximate surface area is 263 Å². The molecule has 9 heteroatoms. The summed E-state index contributed by atoms with van der Waals surface area (Å²) in [6, 6.07) is 6.32. The number of hydrogen-bond acceptors (Lipinski definition) is 7. The lowest BCUT2D eigenvalue weighted by atomic mass is 9.85. The highest BCUT2D eigenvalue weighted by Crippen LogP contribution is 2.48. The van der Waals surface area contributed by atoms with Gasteiger partial charge in [-0.1, -0.05) is 13.8 Å². The van der Waals surface area contributed by atoms with Crippen LogP contribution >= 0.6 is 0 Å². The van der Waals surface area contributed by atoms with Crippen molar-refractivity contribution in [3.8, 4) is 0 Å². The minimum Gasteiger partial charge on any atom is -0.469 e. The molecule has 238 valence electrons. The normalized spacial score (nSPS) is 19.8. The number of methoxy groups -OCH3 is 1. The van der Waals surface area contributed by atoms with E-state index >= 15 is 0 Å². The average Bonchev–Trinajstić information content (AvgIpc) is 3.77. The summed E-state index contributed by atoms with van der Waals surface area (Å²) < 4.78 is 11.2. The number of nitrogens with one attached hydrogen (secondary N) is 2. The highest BCUT2D eigenvalue weighted by atomic mass is 16.5. The van der Waals surface area contributed by atoms with Crippen LogP contribution in [0.5, 0.6) is 0 Å². The largest absolute Gasteiger partial charge is 0.469 e. The summed E-state index contributed by atoms with van der Waals surface area (Å²) >= 11 is 0. The van der Waals surface area contributed by atoms with E-state index in [0.717, 1.165) is 84.7 Å². The summed E-state index contributed by atoms with van der Waals surface area (Å²) in [6.45, 7) is 12.5. The molecule has 3 aromatic heterocycles. The molecular weight excluding hydrogens is 568 g/mol. The van der Waals surface area contributed by atoms with E-state index in [1.807, 2.05) is 6.92 Å². The van der Waals surface area contributed by atoms with Gasteiger partial charge in [-0.3, -0.25) is 9.78 Å². The molecule has 3 aliphatic rings. The monoisotopic (exact) mass is 612 g/mol. The van der Waals surface area contributed by atoms with Gasteiger partial charge in [-0.05, 0) is 81.0 Å². The van der Waals surface area contributed by atoms with E-state index in [1.165, 1.54) is 12.7 Å². The minimum atomic E-state index is -0.667. The third kappa shape index (κ3) is 5.30. The Morgan fingerprint density at radius 1 is 1.07 bits per heavy atom. The number of nitrogens with zero attached hydrogens (tertiary/aromatic N) is 2. The number of ether oxygens (including phenoxy) is 2. The number of rotatable bonds is 8. The van der Waals surface area contributed by atoms with Gasteiger partial charge in [-0.25, -0.2) is 4.98 Å². The van der Waals surface area contributed by atoms with Crippen molar-refractivity contribution in [1.82, 2.24) is 19.9 Å². The van der Waals surface area contributed by atoms with Crippen LogP contribution < -0.4 is 0 Å². The van der Waals surface area contributed by atoms with Gasteiger partial charge in [-0.15, -0.1) is 0 Å². The van der Waals surface area contributed by atoms with E-state index in [0.29, 0.717) is 12.8 Å². The van der Waals surface area contributed by atoms with E-state index in [1.54, 1.807) is 6.92 Å². The van der Waals surface area contributed by atoms with Gasteiger partial charge in [0, 0.05) is 74.8 Å². The van der Waals surface area contributed by atoms with Gasteiger partial charge in [0.1, 0.15) is 0 Å². The number of esters is 1. The fraction of sp³-hybridized carbons (Fsp3) is 0.472. The first-order chi connectivity index (χ1) is 21.6. The maximum absolute atomic E-state index is 12.3. The van der Waals surface area contributed by atoms with Crippen molar-refractivity contribution < 1.29 is 24.5 Å².